The van der Waals surface area contributed by atoms with Gasteiger partial charge in [-0.05, 0) is 105 Å². The molecule has 0 radical (unpaired) electrons. The maximum atomic E-state index is 12.8. The standard InChI is InChI=1S/C30H40O7/c1-14(2)29(32)37-26-11-20-8-23(26)28-19-7-22(27(20)28)25(10-19)35-12-15(3)30(33)36-24-9-17-5-18(24)6-21(17)13-34-16(4)31/h17-28H,1,3,5-13H2,2,4H3. The van der Waals surface area contributed by atoms with Gasteiger partial charge < -0.3 is 18.9 Å². The highest BCUT2D eigenvalue weighted by Crippen LogP contribution is 2.68. The summed E-state index contributed by atoms with van der Waals surface area (Å²) in [6.07, 6.45) is 7.32. The molecule has 6 rings (SSSR count). The molecule has 0 N–H and O–H groups in total. The molecule has 0 aromatic heterocycles. The predicted octanol–water partition coefficient (Wildman–Crippen LogP) is 4.25. The highest BCUT2D eigenvalue weighted by atomic mass is 16.6. The van der Waals surface area contributed by atoms with Crippen molar-refractivity contribution in [2.24, 2.45) is 53.3 Å². The predicted molar refractivity (Wildman–Crippen MR) is 134 cm³/mol. The van der Waals surface area contributed by atoms with Gasteiger partial charge in [-0.3, -0.25) is 4.79 Å². The maximum absolute atomic E-state index is 12.8. The van der Waals surface area contributed by atoms with E-state index in [1.807, 2.05) is 0 Å². The molecule has 6 fully saturated rings. The van der Waals surface area contributed by atoms with Crippen molar-refractivity contribution in [1.29, 1.82) is 0 Å². The van der Waals surface area contributed by atoms with E-state index in [2.05, 4.69) is 13.2 Å². The Kier molecular flexibility index (Phi) is 6.49. The van der Waals surface area contributed by atoms with Crippen molar-refractivity contribution < 1.29 is 33.3 Å². The first kappa shape index (κ1) is 25.1. The van der Waals surface area contributed by atoms with Crippen LogP contribution in [0.15, 0.2) is 24.3 Å². The first-order chi connectivity index (χ1) is 17.7. The Morgan fingerprint density at radius 3 is 1.95 bits per heavy atom. The highest BCUT2D eigenvalue weighted by molar-refractivity contribution is 5.88. The van der Waals surface area contributed by atoms with Gasteiger partial charge in [-0.25, -0.2) is 9.59 Å². The third-order valence-corrected chi connectivity index (χ3v) is 10.8. The van der Waals surface area contributed by atoms with Gasteiger partial charge in [0.15, 0.2) is 0 Å². The van der Waals surface area contributed by atoms with Crippen LogP contribution in [0.4, 0.5) is 0 Å². The van der Waals surface area contributed by atoms with E-state index >= 15 is 0 Å². The van der Waals surface area contributed by atoms with Gasteiger partial charge in [0.2, 0.25) is 0 Å². The third-order valence-electron chi connectivity index (χ3n) is 10.8. The number of ether oxygens (including phenoxy) is 4. The molecule has 7 nitrogen and oxygen atoms in total. The van der Waals surface area contributed by atoms with Crippen LogP contribution in [0.2, 0.25) is 0 Å². The second kappa shape index (κ2) is 9.55. The fraction of sp³-hybridized carbons (Fsp3) is 0.767. The van der Waals surface area contributed by atoms with Crippen LogP contribution in [0, 0.1) is 53.3 Å². The minimum Gasteiger partial charge on any atom is -0.466 e. The number of rotatable bonds is 9. The van der Waals surface area contributed by atoms with Crippen LogP contribution in [-0.2, 0) is 33.3 Å². The molecule has 0 aromatic rings. The second-order valence-electron chi connectivity index (χ2n) is 12.9. The van der Waals surface area contributed by atoms with Gasteiger partial charge in [0.1, 0.15) is 12.2 Å². The van der Waals surface area contributed by atoms with E-state index < -0.39 is 0 Å². The topological polar surface area (TPSA) is 88.1 Å². The van der Waals surface area contributed by atoms with Crippen molar-refractivity contribution in [3.63, 3.8) is 0 Å². The van der Waals surface area contributed by atoms with Gasteiger partial charge in [0.05, 0.1) is 24.9 Å². The molecule has 6 aliphatic rings. The van der Waals surface area contributed by atoms with Crippen molar-refractivity contribution in [3.8, 4) is 0 Å². The summed E-state index contributed by atoms with van der Waals surface area (Å²) in [4.78, 5) is 36.0. The molecular formula is C30H40O7. The molecule has 7 heteroatoms. The number of hydrogen-bond donors (Lipinski definition) is 0. The Hall–Kier alpha value is -2.15. The van der Waals surface area contributed by atoms with Crippen LogP contribution in [0.5, 0.6) is 0 Å². The van der Waals surface area contributed by atoms with E-state index in [-0.39, 0.29) is 42.8 Å². The van der Waals surface area contributed by atoms with Crippen molar-refractivity contribution in [2.45, 2.75) is 77.1 Å². The summed E-state index contributed by atoms with van der Waals surface area (Å²) < 4.78 is 23.2. The fourth-order valence-electron chi connectivity index (χ4n) is 9.45. The monoisotopic (exact) mass is 512 g/mol. The molecule has 6 saturated carbocycles. The number of hydrogen-bond acceptors (Lipinski definition) is 7. The van der Waals surface area contributed by atoms with Crippen LogP contribution in [-0.4, -0.2) is 49.4 Å². The minimum atomic E-state index is -0.336. The van der Waals surface area contributed by atoms with Crippen LogP contribution in [0.25, 0.3) is 0 Å². The molecule has 12 unspecified atom stereocenters. The molecule has 0 spiro atoms. The van der Waals surface area contributed by atoms with Crippen LogP contribution in [0.3, 0.4) is 0 Å². The lowest BCUT2D eigenvalue weighted by Crippen LogP contribution is -2.41. The number of esters is 3. The van der Waals surface area contributed by atoms with Gasteiger partial charge in [0.25, 0.3) is 0 Å². The van der Waals surface area contributed by atoms with Crippen LogP contribution < -0.4 is 0 Å². The summed E-state index contributed by atoms with van der Waals surface area (Å²) in [6.45, 7) is 11.6. The van der Waals surface area contributed by atoms with Crippen molar-refractivity contribution >= 4 is 17.9 Å². The first-order valence-electron chi connectivity index (χ1n) is 14.2. The molecule has 0 aliphatic heterocycles. The fourth-order valence-corrected chi connectivity index (χ4v) is 9.45. The number of carbonyl (C=O) groups excluding carboxylic acids is 3. The van der Waals surface area contributed by atoms with E-state index in [1.54, 1.807) is 6.92 Å². The molecule has 12 atom stereocenters. The lowest BCUT2D eigenvalue weighted by atomic mass is 9.69. The van der Waals surface area contributed by atoms with Gasteiger partial charge in [-0.1, -0.05) is 13.2 Å². The highest BCUT2D eigenvalue weighted by Gasteiger charge is 2.65. The summed E-state index contributed by atoms with van der Waals surface area (Å²) in [7, 11) is 0. The van der Waals surface area contributed by atoms with E-state index in [0.717, 1.165) is 38.5 Å². The van der Waals surface area contributed by atoms with Gasteiger partial charge >= 0.3 is 17.9 Å². The van der Waals surface area contributed by atoms with Crippen LogP contribution >= 0.6 is 0 Å². The molecule has 0 amide bonds. The zero-order valence-electron chi connectivity index (χ0n) is 22.1. The number of carbonyl (C=O) groups is 3. The molecule has 37 heavy (non-hydrogen) atoms. The van der Waals surface area contributed by atoms with Gasteiger partial charge in [-0.15, -0.1) is 0 Å². The minimum absolute atomic E-state index is 0.0477. The van der Waals surface area contributed by atoms with E-state index in [1.165, 1.54) is 13.3 Å². The Morgan fingerprint density at radius 1 is 0.703 bits per heavy atom. The Labute approximate surface area is 219 Å². The lowest BCUT2D eigenvalue weighted by Gasteiger charge is -2.41. The molecular weight excluding hydrogens is 472 g/mol. The summed E-state index contributed by atoms with van der Waals surface area (Å²) in [5.41, 5.74) is 0.877. The van der Waals surface area contributed by atoms with Crippen molar-refractivity contribution in [2.75, 3.05) is 13.2 Å². The van der Waals surface area contributed by atoms with Gasteiger partial charge in [0, 0.05) is 12.5 Å². The normalized spacial score (nSPS) is 44.1. The van der Waals surface area contributed by atoms with Gasteiger partial charge in [-0.2, -0.15) is 0 Å². The smallest absolute Gasteiger partial charge is 0.336 e. The molecule has 0 aromatic carbocycles. The van der Waals surface area contributed by atoms with E-state index in [4.69, 9.17) is 18.9 Å². The summed E-state index contributed by atoms with van der Waals surface area (Å²) >= 11 is 0. The van der Waals surface area contributed by atoms with E-state index in [0.29, 0.717) is 71.0 Å². The second-order valence-corrected chi connectivity index (χ2v) is 12.9. The molecule has 6 aliphatic carbocycles. The Bertz CT molecular complexity index is 1000. The quantitative estimate of drug-likeness (QED) is 0.198. The van der Waals surface area contributed by atoms with Crippen LogP contribution in [0.1, 0.15) is 58.8 Å². The Balaban J connectivity index is 0.957. The number of fused-ring (bicyclic) bond motifs is 11. The Morgan fingerprint density at radius 2 is 1.32 bits per heavy atom. The van der Waals surface area contributed by atoms with E-state index in [9.17, 15) is 14.4 Å². The zero-order chi connectivity index (χ0) is 26.0. The zero-order valence-corrected chi connectivity index (χ0v) is 22.1. The largest absolute Gasteiger partial charge is 0.466 e. The lowest BCUT2D eigenvalue weighted by molar-refractivity contribution is -0.151. The first-order valence-corrected chi connectivity index (χ1v) is 14.2. The molecule has 202 valence electrons. The average Bonchev–Trinajstić information content (AvgIpc) is 3.68. The molecule has 0 saturated heterocycles. The summed E-state index contributed by atoms with van der Waals surface area (Å²) in [6, 6.07) is 0. The van der Waals surface area contributed by atoms with Crippen molar-refractivity contribution in [3.05, 3.63) is 24.3 Å². The maximum Gasteiger partial charge on any atom is 0.336 e. The average molecular weight is 513 g/mol. The molecule has 0 heterocycles. The van der Waals surface area contributed by atoms with Crippen molar-refractivity contribution in [1.82, 2.24) is 0 Å². The summed E-state index contributed by atoms with van der Waals surface area (Å²) in [5.74, 6) is 3.91. The molecule has 6 bridgehead atoms. The summed E-state index contributed by atoms with van der Waals surface area (Å²) in [5, 5.41) is 0. The third kappa shape index (κ3) is 4.45. The SMILES string of the molecule is C=C(C)C(=O)OC1CC2CC1C1C3CC(OCC(=C)C(=O)OC4CC5CC4CC5COC(C)=O)C(C3)C21.